The minimum absolute atomic E-state index is 0.676. The fourth-order valence-electron chi connectivity index (χ4n) is 7.91. The Kier molecular flexibility index (Phi) is 12.2. The van der Waals surface area contributed by atoms with E-state index in [1.54, 1.807) is 0 Å². The Labute approximate surface area is 201 Å². The molecule has 0 aliphatic heterocycles. The second-order valence-electron chi connectivity index (χ2n) is 12.0. The van der Waals surface area contributed by atoms with Crippen LogP contribution in [0.15, 0.2) is 12.7 Å². The van der Waals surface area contributed by atoms with E-state index < -0.39 is 0 Å². The van der Waals surface area contributed by atoms with Gasteiger partial charge in [-0.2, -0.15) is 0 Å². The van der Waals surface area contributed by atoms with Crippen LogP contribution in [0.5, 0.6) is 0 Å². The summed E-state index contributed by atoms with van der Waals surface area (Å²) < 4.78 is 5.84. The van der Waals surface area contributed by atoms with Crippen molar-refractivity contribution in [1.82, 2.24) is 0 Å². The molecule has 3 aliphatic rings. The maximum Gasteiger partial charge on any atom is 0.0644 e. The first-order chi connectivity index (χ1) is 15.8. The lowest BCUT2D eigenvalue weighted by molar-refractivity contribution is 0.0127. The Morgan fingerprint density at radius 3 is 2.16 bits per heavy atom. The van der Waals surface area contributed by atoms with Crippen LogP contribution in [-0.4, -0.2) is 13.2 Å². The van der Waals surface area contributed by atoms with Crippen molar-refractivity contribution in [2.45, 2.75) is 142 Å². The number of rotatable bonds is 14. The van der Waals surface area contributed by atoms with Gasteiger partial charge in [0.15, 0.2) is 0 Å². The molecule has 186 valence electrons. The van der Waals surface area contributed by atoms with Gasteiger partial charge < -0.3 is 4.74 Å². The van der Waals surface area contributed by atoms with Crippen molar-refractivity contribution < 1.29 is 4.74 Å². The highest BCUT2D eigenvalue weighted by molar-refractivity contribution is 4.92. The van der Waals surface area contributed by atoms with Gasteiger partial charge >= 0.3 is 0 Å². The molecule has 1 heteroatoms. The van der Waals surface area contributed by atoms with Crippen molar-refractivity contribution >= 4 is 0 Å². The van der Waals surface area contributed by atoms with Gasteiger partial charge in [0.05, 0.1) is 6.61 Å². The molecule has 0 N–H and O–H groups in total. The SMILES string of the molecule is C=CCOCC1CCC(CCCC(CCCCC)C2CCCCC2)(C2CCCCC2)CC1. The summed E-state index contributed by atoms with van der Waals surface area (Å²) in [6.07, 6.45) is 33.3. The van der Waals surface area contributed by atoms with Gasteiger partial charge in [-0.1, -0.05) is 103 Å². The second-order valence-corrected chi connectivity index (χ2v) is 12.0. The van der Waals surface area contributed by atoms with Crippen LogP contribution in [0, 0.1) is 29.1 Å². The highest BCUT2D eigenvalue weighted by Gasteiger charge is 2.41. The molecule has 0 bridgehead atoms. The minimum atomic E-state index is 0.676. The normalized spacial score (nSPS) is 29.1. The summed E-state index contributed by atoms with van der Waals surface area (Å²) in [7, 11) is 0. The van der Waals surface area contributed by atoms with Crippen molar-refractivity contribution in [3.63, 3.8) is 0 Å². The van der Waals surface area contributed by atoms with E-state index in [-0.39, 0.29) is 0 Å². The molecule has 0 aromatic heterocycles. The van der Waals surface area contributed by atoms with Gasteiger partial charge in [-0.05, 0) is 74.0 Å². The molecular formula is C31H56O. The molecule has 3 saturated carbocycles. The molecular weight excluding hydrogens is 388 g/mol. The minimum Gasteiger partial charge on any atom is -0.377 e. The predicted molar refractivity (Wildman–Crippen MR) is 140 cm³/mol. The first kappa shape index (κ1) is 26.3. The van der Waals surface area contributed by atoms with Gasteiger partial charge in [0, 0.05) is 6.61 Å². The molecule has 3 rings (SSSR count). The van der Waals surface area contributed by atoms with Crippen molar-refractivity contribution in [2.75, 3.05) is 13.2 Å². The van der Waals surface area contributed by atoms with Crippen LogP contribution in [0.25, 0.3) is 0 Å². The molecule has 1 unspecified atom stereocenters. The van der Waals surface area contributed by atoms with E-state index in [2.05, 4.69) is 13.5 Å². The average molecular weight is 445 g/mol. The molecule has 0 radical (unpaired) electrons. The Bertz CT molecular complexity index is 477. The summed E-state index contributed by atoms with van der Waals surface area (Å²) in [6.45, 7) is 7.86. The molecule has 1 nitrogen and oxygen atoms in total. The molecule has 0 aromatic carbocycles. The van der Waals surface area contributed by atoms with Gasteiger partial charge in [-0.3, -0.25) is 0 Å². The molecule has 0 amide bonds. The maximum atomic E-state index is 5.84. The molecule has 3 aliphatic carbocycles. The van der Waals surface area contributed by atoms with E-state index in [1.165, 1.54) is 135 Å². The first-order valence-corrected chi connectivity index (χ1v) is 15.0. The van der Waals surface area contributed by atoms with E-state index >= 15 is 0 Å². The number of hydrogen-bond acceptors (Lipinski definition) is 1. The van der Waals surface area contributed by atoms with Crippen LogP contribution >= 0.6 is 0 Å². The highest BCUT2D eigenvalue weighted by atomic mass is 16.5. The lowest BCUT2D eigenvalue weighted by Gasteiger charge is -2.48. The zero-order valence-electron chi connectivity index (χ0n) is 21.8. The fraction of sp³-hybridized carbons (Fsp3) is 0.935. The third-order valence-corrected chi connectivity index (χ3v) is 9.91. The van der Waals surface area contributed by atoms with E-state index in [9.17, 15) is 0 Å². The quantitative estimate of drug-likeness (QED) is 0.191. The molecule has 0 aromatic rings. The third-order valence-electron chi connectivity index (χ3n) is 9.91. The monoisotopic (exact) mass is 444 g/mol. The van der Waals surface area contributed by atoms with Crippen molar-refractivity contribution in [3.8, 4) is 0 Å². The summed E-state index contributed by atoms with van der Waals surface area (Å²) in [6, 6.07) is 0. The summed E-state index contributed by atoms with van der Waals surface area (Å²) >= 11 is 0. The average Bonchev–Trinajstić information content (AvgIpc) is 2.85. The van der Waals surface area contributed by atoms with Crippen LogP contribution in [0.4, 0.5) is 0 Å². The predicted octanol–water partition coefficient (Wildman–Crippen LogP) is 9.89. The van der Waals surface area contributed by atoms with Crippen molar-refractivity contribution in [2.24, 2.45) is 29.1 Å². The lowest BCUT2D eigenvalue weighted by atomic mass is 9.58. The molecule has 0 saturated heterocycles. The van der Waals surface area contributed by atoms with Crippen LogP contribution in [0.3, 0.4) is 0 Å². The van der Waals surface area contributed by atoms with E-state index in [0.29, 0.717) is 5.41 Å². The molecule has 0 spiro atoms. The standard InChI is InChI=1S/C31H56O/c1-3-5-8-14-29(28-15-9-6-10-16-28)17-13-22-31(30-18-11-7-12-19-30)23-20-27(21-24-31)26-32-25-4-2/h4,27-30H,2-3,5-26H2,1H3. The van der Waals surface area contributed by atoms with Crippen molar-refractivity contribution in [1.29, 1.82) is 0 Å². The highest BCUT2D eigenvalue weighted by Crippen LogP contribution is 2.53. The van der Waals surface area contributed by atoms with E-state index in [4.69, 9.17) is 4.74 Å². The third kappa shape index (κ3) is 8.18. The topological polar surface area (TPSA) is 9.23 Å². The summed E-state index contributed by atoms with van der Waals surface area (Å²) in [4.78, 5) is 0. The van der Waals surface area contributed by atoms with Gasteiger partial charge in [0.2, 0.25) is 0 Å². The summed E-state index contributed by atoms with van der Waals surface area (Å²) in [5, 5.41) is 0. The molecule has 32 heavy (non-hydrogen) atoms. The molecule has 0 heterocycles. The van der Waals surface area contributed by atoms with Crippen LogP contribution in [0.1, 0.15) is 142 Å². The van der Waals surface area contributed by atoms with Gasteiger partial charge in [-0.25, -0.2) is 0 Å². The second kappa shape index (κ2) is 14.9. The number of ether oxygens (including phenoxy) is 1. The number of hydrogen-bond donors (Lipinski definition) is 0. The van der Waals surface area contributed by atoms with Gasteiger partial charge in [0.1, 0.15) is 0 Å². The van der Waals surface area contributed by atoms with Gasteiger partial charge in [0.25, 0.3) is 0 Å². The molecule has 1 atom stereocenters. The Balaban J connectivity index is 1.54. The zero-order chi connectivity index (χ0) is 22.5. The lowest BCUT2D eigenvalue weighted by Crippen LogP contribution is -2.37. The summed E-state index contributed by atoms with van der Waals surface area (Å²) in [5.41, 5.74) is 0.676. The number of unbranched alkanes of at least 4 members (excludes halogenated alkanes) is 2. The first-order valence-electron chi connectivity index (χ1n) is 15.0. The van der Waals surface area contributed by atoms with Crippen molar-refractivity contribution in [3.05, 3.63) is 12.7 Å². The summed E-state index contributed by atoms with van der Waals surface area (Å²) in [5.74, 6) is 3.92. The van der Waals surface area contributed by atoms with Gasteiger partial charge in [-0.15, -0.1) is 6.58 Å². The Morgan fingerprint density at radius 2 is 1.50 bits per heavy atom. The smallest absolute Gasteiger partial charge is 0.0644 e. The fourth-order valence-corrected chi connectivity index (χ4v) is 7.91. The maximum absolute atomic E-state index is 5.84. The van der Waals surface area contributed by atoms with Crippen LogP contribution in [-0.2, 0) is 4.74 Å². The largest absolute Gasteiger partial charge is 0.377 e. The van der Waals surface area contributed by atoms with E-state index in [1.807, 2.05) is 6.08 Å². The Morgan fingerprint density at radius 1 is 0.844 bits per heavy atom. The Hall–Kier alpha value is -0.300. The molecule has 3 fully saturated rings. The van der Waals surface area contributed by atoms with Crippen LogP contribution < -0.4 is 0 Å². The van der Waals surface area contributed by atoms with E-state index in [0.717, 1.165) is 36.9 Å². The zero-order valence-corrected chi connectivity index (χ0v) is 21.8. The van der Waals surface area contributed by atoms with Crippen LogP contribution in [0.2, 0.25) is 0 Å².